The van der Waals surface area contributed by atoms with E-state index in [4.69, 9.17) is 0 Å². The van der Waals surface area contributed by atoms with Crippen LogP contribution in [-0.4, -0.2) is 0 Å². The number of hydrogen-bond donors (Lipinski definition) is 0. The summed E-state index contributed by atoms with van der Waals surface area (Å²) in [5, 5.41) is 6.44. The summed E-state index contributed by atoms with van der Waals surface area (Å²) in [6, 6.07) is 41.8. The van der Waals surface area contributed by atoms with Gasteiger partial charge in [-0.1, -0.05) is 112 Å². The second kappa shape index (κ2) is 10.9. The van der Waals surface area contributed by atoms with E-state index in [1.807, 2.05) is 91.0 Å². The molecule has 0 amide bonds. The minimum atomic E-state index is -3.57. The van der Waals surface area contributed by atoms with Gasteiger partial charge in [0.1, 0.15) is 0 Å². The van der Waals surface area contributed by atoms with Crippen molar-refractivity contribution in [2.75, 3.05) is 4.90 Å². The smallest absolute Gasteiger partial charge is 0.175 e. The molecular weight excluding hydrogens is 659 g/mol. The molecule has 6 aromatic carbocycles. The van der Waals surface area contributed by atoms with Gasteiger partial charge in [0.25, 0.3) is 0 Å². The molecule has 9 rings (SSSR count). The van der Waals surface area contributed by atoms with Gasteiger partial charge in [-0.2, -0.15) is 0 Å². The van der Waals surface area contributed by atoms with Gasteiger partial charge in [0.2, 0.25) is 0 Å². The van der Waals surface area contributed by atoms with Gasteiger partial charge in [0, 0.05) is 47.7 Å². The summed E-state index contributed by atoms with van der Waals surface area (Å²) in [4.78, 5) is 2.22. The van der Waals surface area contributed by atoms with Crippen LogP contribution in [0.2, 0.25) is 0 Å². The Morgan fingerprint density at radius 3 is 0.816 bits per heavy atom. The molecule has 0 spiro atoms. The maximum atomic E-state index is 16.5. The third-order valence-electron chi connectivity index (χ3n) is 10.7. The lowest BCUT2D eigenvalue weighted by Gasteiger charge is -2.49. The van der Waals surface area contributed by atoms with Crippen LogP contribution < -0.4 is 52.6 Å². The Morgan fingerprint density at radius 2 is 0.612 bits per heavy atom. The normalized spacial score (nSPS) is 22.5. The maximum absolute atomic E-state index is 16.5. The van der Waals surface area contributed by atoms with Crippen molar-refractivity contribution in [1.29, 1.82) is 0 Å². The zero-order valence-corrected chi connectivity index (χ0v) is 30.4. The van der Waals surface area contributed by atoms with Crippen LogP contribution in [-0.2, 0) is 33.0 Å². The number of hydrogen-bond acceptors (Lipinski definition) is 4. The molecule has 0 aliphatic carbocycles. The van der Waals surface area contributed by atoms with Gasteiger partial charge in [-0.25, -0.2) is 0 Å². The highest BCUT2D eigenvalue weighted by Crippen LogP contribution is 2.65. The second-order valence-corrected chi connectivity index (χ2v) is 21.3. The van der Waals surface area contributed by atoms with Crippen molar-refractivity contribution in [3.63, 3.8) is 0 Å². The SMILES string of the molecule is CCc1cc2c3c(c1)P(=O)(c1ccccc1)c1cc(CC)cc4c1N3c1c(cc(CC)cc1P4(=O)c1ccccc1)P2(=O)c1ccccc1. The fourth-order valence-corrected chi connectivity index (χ4v) is 17.9. The summed E-state index contributed by atoms with van der Waals surface area (Å²) in [6.45, 7) is 6.29. The Labute approximate surface area is 288 Å². The highest BCUT2D eigenvalue weighted by atomic mass is 31.2. The van der Waals surface area contributed by atoms with Gasteiger partial charge in [-0.05, 0) is 72.4 Å². The van der Waals surface area contributed by atoms with E-state index in [1.54, 1.807) is 0 Å². The summed E-state index contributed by atoms with van der Waals surface area (Å²) in [5.74, 6) is 0. The highest BCUT2D eigenvalue weighted by molar-refractivity contribution is 7.89. The number of anilines is 3. The molecule has 0 N–H and O–H groups in total. The van der Waals surface area contributed by atoms with E-state index in [-0.39, 0.29) is 0 Å². The van der Waals surface area contributed by atoms with Gasteiger partial charge in [-0.3, -0.25) is 0 Å². The summed E-state index contributed by atoms with van der Waals surface area (Å²) < 4.78 is 49.6. The Hall–Kier alpha value is -4.19. The molecule has 242 valence electrons. The fourth-order valence-electron chi connectivity index (χ4n) is 8.20. The predicted octanol–water partition coefficient (Wildman–Crippen LogP) is 6.70. The molecule has 7 heteroatoms. The zero-order valence-electron chi connectivity index (χ0n) is 27.8. The van der Waals surface area contributed by atoms with E-state index in [0.29, 0.717) is 51.1 Å². The van der Waals surface area contributed by atoms with E-state index in [0.717, 1.165) is 49.7 Å². The number of nitrogens with zero attached hydrogens (tertiary/aromatic N) is 1. The monoisotopic (exact) mass is 695 g/mol. The van der Waals surface area contributed by atoms with Crippen LogP contribution in [0.3, 0.4) is 0 Å². The lowest BCUT2D eigenvalue weighted by molar-refractivity contribution is 0.592. The quantitative estimate of drug-likeness (QED) is 0.182. The molecular formula is C42H36NO3P3. The molecule has 0 atom stereocenters. The van der Waals surface area contributed by atoms with Crippen molar-refractivity contribution in [2.45, 2.75) is 40.0 Å². The lowest BCUT2D eigenvalue weighted by Crippen LogP contribution is -2.53. The zero-order chi connectivity index (χ0) is 33.7. The Balaban J connectivity index is 1.57. The standard InChI is InChI=1S/C42H36NO3P3/c1-4-28-22-34-40-35(23-28)48(45,32-18-12-8-13-19-32)37-25-30(6-3)27-39-42(37)43(40)41-36(47(34,44)31-16-10-7-11-17-31)24-29(5-2)26-38(41)49(39,46)33-20-14-9-15-21-33/h7-27H,4-6H2,1-3H3. The van der Waals surface area contributed by atoms with Crippen LogP contribution in [0.1, 0.15) is 37.5 Å². The summed E-state index contributed by atoms with van der Waals surface area (Å²) in [7, 11) is -10.7. The van der Waals surface area contributed by atoms with Crippen LogP contribution in [0, 0.1) is 0 Å². The molecule has 4 nitrogen and oxygen atoms in total. The topological polar surface area (TPSA) is 54.5 Å². The molecule has 49 heavy (non-hydrogen) atoms. The van der Waals surface area contributed by atoms with Crippen molar-refractivity contribution in [2.24, 2.45) is 0 Å². The molecule has 0 saturated carbocycles. The molecule has 0 unspecified atom stereocenters. The molecule has 3 aliphatic heterocycles. The molecule has 0 aromatic heterocycles. The third kappa shape index (κ3) is 3.92. The second-order valence-electron chi connectivity index (χ2n) is 13.2. The molecule has 6 aromatic rings. The first-order valence-electron chi connectivity index (χ1n) is 17.1. The average Bonchev–Trinajstić information content (AvgIpc) is 3.17. The Kier molecular flexibility index (Phi) is 6.86. The predicted molar refractivity (Wildman–Crippen MR) is 208 cm³/mol. The molecule has 0 saturated heterocycles. The van der Waals surface area contributed by atoms with Gasteiger partial charge >= 0.3 is 0 Å². The van der Waals surface area contributed by atoms with Gasteiger partial charge in [-0.15, -0.1) is 0 Å². The van der Waals surface area contributed by atoms with E-state index in [2.05, 4.69) is 62.1 Å². The minimum absolute atomic E-state index is 0.702. The van der Waals surface area contributed by atoms with E-state index in [9.17, 15) is 0 Å². The number of benzene rings is 6. The highest BCUT2D eigenvalue weighted by Gasteiger charge is 2.56. The summed E-state index contributed by atoms with van der Waals surface area (Å²) in [5.41, 5.74) is 5.18. The van der Waals surface area contributed by atoms with Gasteiger partial charge in [0.05, 0.1) is 17.1 Å². The first-order chi connectivity index (χ1) is 23.8. The molecule has 3 aliphatic rings. The Morgan fingerprint density at radius 1 is 0.388 bits per heavy atom. The van der Waals surface area contributed by atoms with Crippen LogP contribution in [0.15, 0.2) is 127 Å². The molecule has 0 bridgehead atoms. The van der Waals surface area contributed by atoms with Crippen molar-refractivity contribution >= 4 is 86.2 Å². The maximum Gasteiger partial charge on any atom is 0.175 e. The van der Waals surface area contributed by atoms with Crippen molar-refractivity contribution < 1.29 is 13.7 Å². The van der Waals surface area contributed by atoms with E-state index in [1.165, 1.54) is 0 Å². The van der Waals surface area contributed by atoms with Gasteiger partial charge in [0.15, 0.2) is 21.4 Å². The number of aryl methyl sites for hydroxylation is 3. The lowest BCUT2D eigenvalue weighted by atomic mass is 10.1. The largest absolute Gasteiger partial charge is 0.308 e. The number of rotatable bonds is 6. The van der Waals surface area contributed by atoms with Crippen LogP contribution in [0.4, 0.5) is 17.1 Å². The van der Waals surface area contributed by atoms with Crippen molar-refractivity contribution in [1.82, 2.24) is 0 Å². The average molecular weight is 696 g/mol. The van der Waals surface area contributed by atoms with Gasteiger partial charge < -0.3 is 18.6 Å². The molecule has 0 radical (unpaired) electrons. The van der Waals surface area contributed by atoms with Crippen LogP contribution in [0.5, 0.6) is 0 Å². The Bertz CT molecular complexity index is 2130. The van der Waals surface area contributed by atoms with E-state index < -0.39 is 21.4 Å². The first kappa shape index (κ1) is 30.8. The third-order valence-corrected chi connectivity index (χ3v) is 19.9. The molecule has 0 fully saturated rings. The molecule has 3 heterocycles. The van der Waals surface area contributed by atoms with Crippen LogP contribution in [0.25, 0.3) is 0 Å². The minimum Gasteiger partial charge on any atom is -0.308 e. The first-order valence-corrected chi connectivity index (χ1v) is 22.2. The summed E-state index contributed by atoms with van der Waals surface area (Å²) in [6.07, 6.45) is 2.11. The fraction of sp³-hybridized carbons (Fsp3) is 0.143. The van der Waals surface area contributed by atoms with Crippen molar-refractivity contribution in [3.05, 3.63) is 144 Å². The van der Waals surface area contributed by atoms with Crippen molar-refractivity contribution in [3.8, 4) is 0 Å². The van der Waals surface area contributed by atoms with Crippen LogP contribution >= 0.6 is 21.4 Å². The van der Waals surface area contributed by atoms with E-state index >= 15 is 13.7 Å². The summed E-state index contributed by atoms with van der Waals surface area (Å²) >= 11 is 0.